The minimum Gasteiger partial charge on any atom is -0.363 e. The van der Waals surface area contributed by atoms with Crippen LogP contribution in [0.15, 0.2) is 18.7 Å². The van der Waals surface area contributed by atoms with E-state index in [1.807, 2.05) is 12.4 Å². The van der Waals surface area contributed by atoms with Crippen molar-refractivity contribution in [2.45, 2.75) is 44.2 Å². The zero-order chi connectivity index (χ0) is 11.7. The van der Waals surface area contributed by atoms with Crippen molar-refractivity contribution >= 4 is 5.69 Å². The topological polar surface area (TPSA) is 41.0 Å². The Bertz CT molecular complexity index is 372. The van der Waals surface area contributed by atoms with Gasteiger partial charge in [-0.25, -0.2) is 9.97 Å². The molecule has 1 spiro atoms. The molecule has 4 nitrogen and oxygen atoms in total. The van der Waals surface area contributed by atoms with Crippen LogP contribution >= 0.6 is 0 Å². The lowest BCUT2D eigenvalue weighted by Crippen LogP contribution is -2.62. The Morgan fingerprint density at radius 3 is 2.71 bits per heavy atom. The van der Waals surface area contributed by atoms with Gasteiger partial charge in [0.05, 0.1) is 18.1 Å². The summed E-state index contributed by atoms with van der Waals surface area (Å²) < 4.78 is 0. The van der Waals surface area contributed by atoms with Gasteiger partial charge in [0.2, 0.25) is 0 Å². The van der Waals surface area contributed by atoms with E-state index in [-0.39, 0.29) is 0 Å². The molecule has 2 heterocycles. The van der Waals surface area contributed by atoms with Crippen LogP contribution in [0.25, 0.3) is 0 Å². The lowest BCUT2D eigenvalue weighted by molar-refractivity contribution is 0.276. The summed E-state index contributed by atoms with van der Waals surface area (Å²) in [5.74, 6) is 0. The third-order valence-corrected chi connectivity index (χ3v) is 4.22. The third kappa shape index (κ3) is 2.02. The van der Waals surface area contributed by atoms with E-state index < -0.39 is 0 Å². The van der Waals surface area contributed by atoms with Gasteiger partial charge in [0, 0.05) is 24.7 Å². The van der Waals surface area contributed by atoms with Gasteiger partial charge in [0.1, 0.15) is 6.33 Å². The van der Waals surface area contributed by atoms with E-state index in [1.54, 1.807) is 6.33 Å². The van der Waals surface area contributed by atoms with E-state index in [1.165, 1.54) is 25.7 Å². The van der Waals surface area contributed by atoms with Crippen LogP contribution in [0.4, 0.5) is 5.69 Å². The highest BCUT2D eigenvalue weighted by Gasteiger charge is 2.40. The van der Waals surface area contributed by atoms with E-state index >= 15 is 0 Å². The highest BCUT2D eigenvalue weighted by atomic mass is 15.3. The number of piperazine rings is 1. The second-order valence-electron chi connectivity index (χ2n) is 5.44. The first-order valence-corrected chi connectivity index (χ1v) is 6.56. The standard InChI is InChI=1S/C13H20N4/c1-11-6-16-13(4-2-3-5-13)9-17(11)12-7-14-10-15-8-12/h7-8,10-11,16H,2-6,9H2,1H3. The second kappa shape index (κ2) is 4.26. The van der Waals surface area contributed by atoms with Crippen LogP contribution in [-0.4, -0.2) is 34.6 Å². The van der Waals surface area contributed by atoms with E-state index in [2.05, 4.69) is 27.1 Å². The summed E-state index contributed by atoms with van der Waals surface area (Å²) in [6.45, 7) is 4.43. The van der Waals surface area contributed by atoms with Crippen molar-refractivity contribution in [3.05, 3.63) is 18.7 Å². The highest BCUT2D eigenvalue weighted by molar-refractivity contribution is 5.44. The molecular formula is C13H20N4. The smallest absolute Gasteiger partial charge is 0.115 e. The fourth-order valence-corrected chi connectivity index (χ4v) is 3.18. The Morgan fingerprint density at radius 1 is 1.29 bits per heavy atom. The molecule has 0 aromatic carbocycles. The Balaban J connectivity index is 1.83. The van der Waals surface area contributed by atoms with E-state index in [0.29, 0.717) is 11.6 Å². The second-order valence-corrected chi connectivity index (χ2v) is 5.44. The Kier molecular flexibility index (Phi) is 2.74. The van der Waals surface area contributed by atoms with Gasteiger partial charge < -0.3 is 10.2 Å². The maximum atomic E-state index is 4.14. The summed E-state index contributed by atoms with van der Waals surface area (Å²) in [7, 11) is 0. The first-order chi connectivity index (χ1) is 8.29. The zero-order valence-corrected chi connectivity index (χ0v) is 10.4. The lowest BCUT2D eigenvalue weighted by Gasteiger charge is -2.46. The largest absolute Gasteiger partial charge is 0.363 e. The molecule has 2 aliphatic rings. The van der Waals surface area contributed by atoms with Crippen LogP contribution in [0.5, 0.6) is 0 Å². The van der Waals surface area contributed by atoms with Crippen LogP contribution in [0.1, 0.15) is 32.6 Å². The number of aromatic nitrogens is 2. The van der Waals surface area contributed by atoms with Crippen molar-refractivity contribution in [3.8, 4) is 0 Å². The molecule has 2 fully saturated rings. The molecule has 1 atom stereocenters. The van der Waals surface area contributed by atoms with Crippen molar-refractivity contribution in [2.75, 3.05) is 18.0 Å². The third-order valence-electron chi connectivity index (χ3n) is 4.22. The Morgan fingerprint density at radius 2 is 2.00 bits per heavy atom. The van der Waals surface area contributed by atoms with Gasteiger partial charge in [0.25, 0.3) is 0 Å². The molecule has 0 bridgehead atoms. The van der Waals surface area contributed by atoms with Crippen molar-refractivity contribution < 1.29 is 0 Å². The molecule has 1 N–H and O–H groups in total. The van der Waals surface area contributed by atoms with Gasteiger partial charge in [-0.05, 0) is 19.8 Å². The van der Waals surface area contributed by atoms with Crippen molar-refractivity contribution in [2.24, 2.45) is 0 Å². The number of anilines is 1. The van der Waals surface area contributed by atoms with Gasteiger partial charge in [-0.2, -0.15) is 0 Å². The van der Waals surface area contributed by atoms with Crippen LogP contribution in [0, 0.1) is 0 Å². The summed E-state index contributed by atoms with van der Waals surface area (Å²) in [4.78, 5) is 10.7. The zero-order valence-electron chi connectivity index (χ0n) is 10.4. The van der Waals surface area contributed by atoms with Crippen LogP contribution in [0.2, 0.25) is 0 Å². The van der Waals surface area contributed by atoms with Crippen LogP contribution < -0.4 is 10.2 Å². The molecule has 92 valence electrons. The van der Waals surface area contributed by atoms with E-state index in [0.717, 1.165) is 18.8 Å². The Labute approximate surface area is 102 Å². The average Bonchev–Trinajstić information content (AvgIpc) is 2.82. The fourth-order valence-electron chi connectivity index (χ4n) is 3.18. The van der Waals surface area contributed by atoms with Gasteiger partial charge >= 0.3 is 0 Å². The van der Waals surface area contributed by atoms with Gasteiger partial charge in [-0.3, -0.25) is 0 Å². The molecule has 1 unspecified atom stereocenters. The predicted octanol–water partition coefficient (Wildman–Crippen LogP) is 1.59. The lowest BCUT2D eigenvalue weighted by atomic mass is 9.92. The van der Waals surface area contributed by atoms with Gasteiger partial charge in [0.15, 0.2) is 0 Å². The van der Waals surface area contributed by atoms with Crippen molar-refractivity contribution in [1.82, 2.24) is 15.3 Å². The fraction of sp³-hybridized carbons (Fsp3) is 0.692. The molecule has 0 radical (unpaired) electrons. The predicted molar refractivity (Wildman–Crippen MR) is 68.0 cm³/mol. The van der Waals surface area contributed by atoms with Gasteiger partial charge in [-0.15, -0.1) is 0 Å². The maximum Gasteiger partial charge on any atom is 0.115 e. The molecule has 0 amide bonds. The first kappa shape index (κ1) is 11.0. The maximum absolute atomic E-state index is 4.14. The van der Waals surface area contributed by atoms with E-state index in [9.17, 15) is 0 Å². The van der Waals surface area contributed by atoms with Crippen LogP contribution in [-0.2, 0) is 0 Å². The normalized spacial score (nSPS) is 27.6. The molecular weight excluding hydrogens is 212 g/mol. The molecule has 4 heteroatoms. The number of hydrogen-bond acceptors (Lipinski definition) is 4. The summed E-state index contributed by atoms with van der Waals surface area (Å²) in [6, 6.07) is 0.521. The van der Waals surface area contributed by atoms with Gasteiger partial charge in [-0.1, -0.05) is 12.8 Å². The molecule has 1 aromatic rings. The number of nitrogens with one attached hydrogen (secondary N) is 1. The minimum atomic E-state index is 0.350. The molecule has 1 saturated heterocycles. The Hall–Kier alpha value is -1.16. The number of rotatable bonds is 1. The quantitative estimate of drug-likeness (QED) is 0.798. The number of hydrogen-bond donors (Lipinski definition) is 1. The number of nitrogens with zero attached hydrogens (tertiary/aromatic N) is 3. The molecule has 1 aliphatic heterocycles. The molecule has 17 heavy (non-hydrogen) atoms. The summed E-state index contributed by atoms with van der Waals surface area (Å²) in [6.07, 6.45) is 10.8. The minimum absolute atomic E-state index is 0.350. The van der Waals surface area contributed by atoms with E-state index in [4.69, 9.17) is 0 Å². The monoisotopic (exact) mass is 232 g/mol. The molecule has 1 saturated carbocycles. The average molecular weight is 232 g/mol. The molecule has 3 rings (SSSR count). The first-order valence-electron chi connectivity index (χ1n) is 6.56. The van der Waals surface area contributed by atoms with Crippen molar-refractivity contribution in [1.29, 1.82) is 0 Å². The summed E-state index contributed by atoms with van der Waals surface area (Å²) >= 11 is 0. The molecule has 1 aromatic heterocycles. The SMILES string of the molecule is CC1CNC2(CCCC2)CN1c1cncnc1. The summed E-state index contributed by atoms with van der Waals surface area (Å²) in [5.41, 5.74) is 1.51. The molecule has 1 aliphatic carbocycles. The summed E-state index contributed by atoms with van der Waals surface area (Å²) in [5, 5.41) is 3.76. The van der Waals surface area contributed by atoms with Crippen molar-refractivity contribution in [3.63, 3.8) is 0 Å². The highest BCUT2D eigenvalue weighted by Crippen LogP contribution is 2.34. The van der Waals surface area contributed by atoms with Crippen LogP contribution in [0.3, 0.4) is 0 Å².